The molecule has 2 nitrogen and oxygen atoms in total. The average molecular weight is 288 g/mol. The van der Waals surface area contributed by atoms with Crippen molar-refractivity contribution in [1.82, 2.24) is 4.90 Å². The highest BCUT2D eigenvalue weighted by molar-refractivity contribution is 5.48. The minimum absolute atomic E-state index is 0.243. The summed E-state index contributed by atoms with van der Waals surface area (Å²) in [5, 5.41) is 0. The number of piperidine rings is 1. The Kier molecular flexibility index (Phi) is 4.98. The number of anilines is 1. The van der Waals surface area contributed by atoms with E-state index in [1.807, 2.05) is 0 Å². The Morgan fingerprint density at radius 3 is 2.00 bits per heavy atom. The third-order valence-corrected chi connectivity index (χ3v) is 5.13. The number of nitrogens with zero attached hydrogens (tertiary/aromatic N) is 2. The first-order chi connectivity index (χ1) is 9.79. The minimum atomic E-state index is 0.243. The van der Waals surface area contributed by atoms with Gasteiger partial charge in [0.2, 0.25) is 0 Å². The number of hydrogen-bond donors (Lipinski definition) is 0. The molecule has 1 aromatic carbocycles. The van der Waals surface area contributed by atoms with Crippen molar-refractivity contribution >= 4 is 5.69 Å². The van der Waals surface area contributed by atoms with E-state index in [0.29, 0.717) is 6.04 Å². The van der Waals surface area contributed by atoms with Gasteiger partial charge < -0.3 is 9.80 Å². The summed E-state index contributed by atoms with van der Waals surface area (Å²) in [6.07, 6.45) is 2.61. The normalized spacial score (nSPS) is 19.1. The maximum absolute atomic E-state index is 2.55. The predicted octanol–water partition coefficient (Wildman–Crippen LogP) is 4.15. The first-order valence-electron chi connectivity index (χ1n) is 8.31. The molecule has 1 aliphatic heterocycles. The lowest BCUT2D eigenvalue weighted by atomic mass is 9.86. The van der Waals surface area contributed by atoms with Crippen LogP contribution in [0.1, 0.15) is 46.1 Å². The van der Waals surface area contributed by atoms with E-state index in [1.54, 1.807) is 0 Å². The van der Waals surface area contributed by atoms with Gasteiger partial charge in [-0.2, -0.15) is 0 Å². The summed E-state index contributed by atoms with van der Waals surface area (Å²) >= 11 is 0. The molecule has 1 unspecified atom stereocenters. The Balaban J connectivity index is 1.96. The largest absolute Gasteiger partial charge is 0.372 e. The van der Waals surface area contributed by atoms with E-state index in [4.69, 9.17) is 0 Å². The van der Waals surface area contributed by atoms with Crippen LogP contribution in [0.2, 0.25) is 0 Å². The second-order valence-electron chi connectivity index (χ2n) is 7.83. The van der Waals surface area contributed by atoms with Gasteiger partial charge in [-0.25, -0.2) is 0 Å². The fraction of sp³-hybridized carbons (Fsp3) is 0.684. The van der Waals surface area contributed by atoms with Crippen molar-refractivity contribution in [3.05, 3.63) is 29.8 Å². The lowest BCUT2D eigenvalue weighted by Gasteiger charge is -2.38. The number of rotatable bonds is 3. The maximum atomic E-state index is 2.55. The lowest BCUT2D eigenvalue weighted by Crippen LogP contribution is -2.41. The molecule has 118 valence electrons. The topological polar surface area (TPSA) is 6.48 Å². The highest BCUT2D eigenvalue weighted by atomic mass is 15.1. The van der Waals surface area contributed by atoms with Crippen molar-refractivity contribution in [2.45, 2.75) is 52.0 Å². The summed E-state index contributed by atoms with van der Waals surface area (Å²) in [6, 6.07) is 9.88. The van der Waals surface area contributed by atoms with Gasteiger partial charge in [0.15, 0.2) is 0 Å². The van der Waals surface area contributed by atoms with Gasteiger partial charge in [-0.05, 0) is 62.9 Å². The second kappa shape index (κ2) is 6.39. The highest BCUT2D eigenvalue weighted by Crippen LogP contribution is 2.29. The Bertz CT molecular complexity index is 434. The summed E-state index contributed by atoms with van der Waals surface area (Å²) in [4.78, 5) is 4.91. The van der Waals surface area contributed by atoms with Crippen LogP contribution in [0.4, 0.5) is 5.69 Å². The third-order valence-electron chi connectivity index (χ3n) is 5.13. The molecule has 0 N–H and O–H groups in total. The smallest absolute Gasteiger partial charge is 0.0366 e. The van der Waals surface area contributed by atoms with Crippen molar-refractivity contribution in [3.63, 3.8) is 0 Å². The molecule has 1 aromatic rings. The van der Waals surface area contributed by atoms with E-state index in [1.165, 1.54) is 37.2 Å². The average Bonchev–Trinajstić information content (AvgIpc) is 2.46. The fourth-order valence-electron chi connectivity index (χ4n) is 3.23. The lowest BCUT2D eigenvalue weighted by molar-refractivity contribution is 0.199. The summed E-state index contributed by atoms with van der Waals surface area (Å²) in [5.74, 6) is 0.838. The molecule has 0 spiro atoms. The van der Waals surface area contributed by atoms with Crippen LogP contribution in [0.3, 0.4) is 0 Å². The van der Waals surface area contributed by atoms with E-state index >= 15 is 0 Å². The van der Waals surface area contributed by atoms with Crippen LogP contribution in [-0.2, 0) is 5.41 Å². The zero-order chi connectivity index (χ0) is 15.6. The van der Waals surface area contributed by atoms with Crippen LogP contribution in [-0.4, -0.2) is 38.1 Å². The quantitative estimate of drug-likeness (QED) is 0.824. The van der Waals surface area contributed by atoms with Gasteiger partial charge in [0.25, 0.3) is 0 Å². The monoisotopic (exact) mass is 288 g/mol. The van der Waals surface area contributed by atoms with Crippen LogP contribution < -0.4 is 4.90 Å². The van der Waals surface area contributed by atoms with Gasteiger partial charge in [0, 0.05) is 24.8 Å². The summed E-state index contributed by atoms with van der Waals surface area (Å²) < 4.78 is 0. The first kappa shape index (κ1) is 16.4. The van der Waals surface area contributed by atoms with E-state index in [0.717, 1.165) is 5.92 Å². The summed E-state index contributed by atoms with van der Waals surface area (Å²) in [5.41, 5.74) is 3.05. The van der Waals surface area contributed by atoms with Gasteiger partial charge >= 0.3 is 0 Å². The molecule has 0 bridgehead atoms. The molecule has 2 rings (SSSR count). The molecule has 0 radical (unpaired) electrons. The van der Waals surface area contributed by atoms with Crippen molar-refractivity contribution < 1.29 is 0 Å². The minimum Gasteiger partial charge on any atom is -0.372 e. The summed E-state index contributed by atoms with van der Waals surface area (Å²) in [6.45, 7) is 11.6. The first-order valence-corrected chi connectivity index (χ1v) is 8.31. The molecule has 1 atom stereocenters. The Morgan fingerprint density at radius 1 is 1.05 bits per heavy atom. The van der Waals surface area contributed by atoms with Gasteiger partial charge in [-0.3, -0.25) is 0 Å². The molecule has 0 amide bonds. The molecule has 0 saturated carbocycles. The molecule has 1 heterocycles. The standard InChI is InChI=1S/C19H32N2/c1-15(20(5)6)16-11-13-21(14-12-16)18-9-7-17(8-10-18)19(2,3)4/h7-10,15-16H,11-14H2,1-6H3. The van der Waals surface area contributed by atoms with E-state index in [9.17, 15) is 0 Å². The SMILES string of the molecule is CC(C1CCN(c2ccc(C(C)(C)C)cc2)CC1)N(C)C. The van der Waals surface area contributed by atoms with Gasteiger partial charge in [-0.15, -0.1) is 0 Å². The molecule has 1 fully saturated rings. The van der Waals surface area contributed by atoms with E-state index < -0.39 is 0 Å². The predicted molar refractivity (Wildman–Crippen MR) is 93.2 cm³/mol. The summed E-state index contributed by atoms with van der Waals surface area (Å²) in [7, 11) is 4.39. The molecule has 2 heteroatoms. The molecular formula is C19H32N2. The molecular weight excluding hydrogens is 256 g/mol. The van der Waals surface area contributed by atoms with Crippen LogP contribution in [0, 0.1) is 5.92 Å². The fourth-order valence-corrected chi connectivity index (χ4v) is 3.23. The number of benzene rings is 1. The molecule has 0 aromatic heterocycles. The van der Waals surface area contributed by atoms with Crippen LogP contribution >= 0.6 is 0 Å². The van der Waals surface area contributed by atoms with Crippen LogP contribution in [0.5, 0.6) is 0 Å². The highest BCUT2D eigenvalue weighted by Gasteiger charge is 2.25. The van der Waals surface area contributed by atoms with Gasteiger partial charge in [-0.1, -0.05) is 32.9 Å². The molecule has 21 heavy (non-hydrogen) atoms. The van der Waals surface area contributed by atoms with Crippen LogP contribution in [0.25, 0.3) is 0 Å². The Hall–Kier alpha value is -1.02. The Labute approximate surface area is 131 Å². The third kappa shape index (κ3) is 4.00. The Morgan fingerprint density at radius 2 is 1.57 bits per heavy atom. The zero-order valence-electron chi connectivity index (χ0n) is 14.7. The zero-order valence-corrected chi connectivity index (χ0v) is 14.7. The van der Waals surface area contributed by atoms with Gasteiger partial charge in [0.1, 0.15) is 0 Å². The van der Waals surface area contributed by atoms with Crippen molar-refractivity contribution in [2.75, 3.05) is 32.1 Å². The molecule has 1 aliphatic rings. The van der Waals surface area contributed by atoms with E-state index in [-0.39, 0.29) is 5.41 Å². The molecule has 0 aliphatic carbocycles. The van der Waals surface area contributed by atoms with Crippen molar-refractivity contribution in [3.8, 4) is 0 Å². The van der Waals surface area contributed by atoms with Crippen molar-refractivity contribution in [1.29, 1.82) is 0 Å². The second-order valence-corrected chi connectivity index (χ2v) is 7.83. The van der Waals surface area contributed by atoms with Crippen molar-refractivity contribution in [2.24, 2.45) is 5.92 Å². The van der Waals surface area contributed by atoms with E-state index in [2.05, 4.69) is 75.9 Å². The number of hydrogen-bond acceptors (Lipinski definition) is 2. The van der Waals surface area contributed by atoms with Crippen LogP contribution in [0.15, 0.2) is 24.3 Å². The van der Waals surface area contributed by atoms with Gasteiger partial charge in [0.05, 0.1) is 0 Å². The maximum Gasteiger partial charge on any atom is 0.0366 e. The molecule has 1 saturated heterocycles.